The van der Waals surface area contributed by atoms with Gasteiger partial charge in [-0.15, -0.1) is 0 Å². The van der Waals surface area contributed by atoms with Gasteiger partial charge >= 0.3 is 6.55 Å². The lowest BCUT2D eigenvalue weighted by Gasteiger charge is -2.39. The van der Waals surface area contributed by atoms with Gasteiger partial charge in [-0.2, -0.15) is 8.78 Å². The molecule has 0 aromatic heterocycles. The molecule has 0 unspecified atom stereocenters. The van der Waals surface area contributed by atoms with Crippen LogP contribution in [0.15, 0.2) is 11.9 Å². The molecular weight excluding hydrogens is 186 g/mol. The van der Waals surface area contributed by atoms with Crippen molar-refractivity contribution < 1.29 is 8.78 Å². The van der Waals surface area contributed by atoms with Gasteiger partial charge in [-0.05, 0) is 31.8 Å². The smallest absolute Gasteiger partial charge is 0.316 e. The third-order valence-corrected chi connectivity index (χ3v) is 2.89. The Hall–Kier alpha value is -0.800. The fourth-order valence-electron chi connectivity index (χ4n) is 2.19. The summed E-state index contributed by atoms with van der Waals surface area (Å²) in [5.74, 6) is 0.767. The first-order valence-corrected chi connectivity index (χ1v) is 5.29. The topological polar surface area (TPSA) is 6.48 Å². The number of halogens is 2. The number of fused-ring (bicyclic) bond motifs is 1. The highest BCUT2D eigenvalue weighted by molar-refractivity contribution is 5.05. The number of hydrogen-bond donors (Lipinski definition) is 0. The Morgan fingerprint density at radius 2 is 1.86 bits per heavy atom. The third kappa shape index (κ3) is 1.83. The highest BCUT2D eigenvalue weighted by Crippen LogP contribution is 2.25. The number of nitrogens with zero attached hydrogens (tertiary/aromatic N) is 2. The molecule has 1 fully saturated rings. The van der Waals surface area contributed by atoms with E-state index in [2.05, 4.69) is 4.90 Å². The quantitative estimate of drug-likeness (QED) is 0.602. The SMILES string of the molecule is FC(F)N1CCCN2CCCCC=C21. The molecule has 2 heterocycles. The summed E-state index contributed by atoms with van der Waals surface area (Å²) in [6, 6.07) is 0. The normalized spacial score (nSPS) is 23.2. The summed E-state index contributed by atoms with van der Waals surface area (Å²) < 4.78 is 25.4. The fraction of sp³-hybridized carbons (Fsp3) is 0.800. The molecule has 14 heavy (non-hydrogen) atoms. The molecule has 2 aliphatic heterocycles. The first kappa shape index (κ1) is 9.74. The molecule has 0 atom stereocenters. The summed E-state index contributed by atoms with van der Waals surface area (Å²) in [5, 5.41) is 0. The minimum Gasteiger partial charge on any atom is -0.358 e. The summed E-state index contributed by atoms with van der Waals surface area (Å²) in [5.41, 5.74) is 0. The van der Waals surface area contributed by atoms with E-state index in [-0.39, 0.29) is 0 Å². The average molecular weight is 202 g/mol. The first-order chi connectivity index (χ1) is 6.79. The highest BCUT2D eigenvalue weighted by Gasteiger charge is 2.27. The lowest BCUT2D eigenvalue weighted by atomic mass is 10.2. The maximum absolute atomic E-state index is 12.7. The first-order valence-electron chi connectivity index (χ1n) is 5.29. The van der Waals surface area contributed by atoms with E-state index in [0.29, 0.717) is 6.54 Å². The van der Waals surface area contributed by atoms with Gasteiger partial charge in [0.05, 0.1) is 0 Å². The van der Waals surface area contributed by atoms with Gasteiger partial charge in [0.1, 0.15) is 5.82 Å². The zero-order valence-electron chi connectivity index (χ0n) is 8.25. The lowest BCUT2D eigenvalue weighted by molar-refractivity contribution is -0.0379. The van der Waals surface area contributed by atoms with Gasteiger partial charge in [0.25, 0.3) is 0 Å². The zero-order chi connectivity index (χ0) is 9.97. The van der Waals surface area contributed by atoms with Gasteiger partial charge in [-0.3, -0.25) is 0 Å². The maximum atomic E-state index is 12.7. The monoisotopic (exact) mass is 202 g/mol. The zero-order valence-corrected chi connectivity index (χ0v) is 8.25. The Labute approximate surface area is 83.2 Å². The molecule has 0 radical (unpaired) electrons. The van der Waals surface area contributed by atoms with E-state index in [1.165, 1.54) is 4.90 Å². The van der Waals surface area contributed by atoms with Crippen LogP contribution >= 0.6 is 0 Å². The molecule has 0 aromatic carbocycles. The summed E-state index contributed by atoms with van der Waals surface area (Å²) in [7, 11) is 0. The van der Waals surface area contributed by atoms with Crippen LogP contribution in [0.3, 0.4) is 0 Å². The molecule has 2 nitrogen and oxygen atoms in total. The van der Waals surface area contributed by atoms with Crippen molar-refractivity contribution in [3.05, 3.63) is 11.9 Å². The predicted octanol–water partition coefficient (Wildman–Crippen LogP) is 2.24. The Morgan fingerprint density at radius 1 is 1.07 bits per heavy atom. The fourth-order valence-corrected chi connectivity index (χ4v) is 2.19. The van der Waals surface area contributed by atoms with Gasteiger partial charge in [0.15, 0.2) is 0 Å². The Bertz CT molecular complexity index is 228. The molecule has 2 rings (SSSR count). The van der Waals surface area contributed by atoms with Crippen LogP contribution in [0.25, 0.3) is 0 Å². The van der Waals surface area contributed by atoms with Crippen molar-refractivity contribution in [2.24, 2.45) is 0 Å². The molecule has 0 amide bonds. The van der Waals surface area contributed by atoms with Crippen LogP contribution in [0.4, 0.5) is 8.78 Å². The van der Waals surface area contributed by atoms with Crippen molar-refractivity contribution in [1.29, 1.82) is 0 Å². The maximum Gasteiger partial charge on any atom is 0.316 e. The van der Waals surface area contributed by atoms with Crippen molar-refractivity contribution in [1.82, 2.24) is 9.80 Å². The Balaban J connectivity index is 2.15. The Kier molecular flexibility index (Phi) is 2.89. The molecule has 0 N–H and O–H groups in total. The molecule has 1 saturated heterocycles. The minimum atomic E-state index is -2.35. The van der Waals surface area contributed by atoms with Crippen LogP contribution in [0.2, 0.25) is 0 Å². The standard InChI is InChI=1S/C10H16F2N2/c11-10(12)14-8-4-7-13-6-3-1-2-5-9(13)14/h5,10H,1-4,6-8H2. The van der Waals surface area contributed by atoms with Crippen molar-refractivity contribution in [3.8, 4) is 0 Å². The second-order valence-electron chi connectivity index (χ2n) is 3.87. The molecule has 0 saturated carbocycles. The number of allylic oxidation sites excluding steroid dienone is 1. The predicted molar refractivity (Wildman–Crippen MR) is 50.8 cm³/mol. The summed E-state index contributed by atoms with van der Waals surface area (Å²) >= 11 is 0. The van der Waals surface area contributed by atoms with Gasteiger partial charge in [0.2, 0.25) is 0 Å². The molecule has 0 spiro atoms. The average Bonchev–Trinajstić information content (AvgIpc) is 2.41. The number of alkyl halides is 2. The van der Waals surface area contributed by atoms with Crippen LogP contribution in [0.1, 0.15) is 25.7 Å². The summed E-state index contributed by atoms with van der Waals surface area (Å²) in [6.45, 7) is 0.0338. The van der Waals surface area contributed by atoms with Crippen molar-refractivity contribution >= 4 is 0 Å². The molecule has 2 aliphatic rings. The van der Waals surface area contributed by atoms with Crippen LogP contribution in [-0.4, -0.2) is 36.0 Å². The van der Waals surface area contributed by atoms with E-state index in [1.54, 1.807) is 0 Å². The second kappa shape index (κ2) is 4.15. The van der Waals surface area contributed by atoms with Gasteiger partial charge in [-0.25, -0.2) is 0 Å². The molecular formula is C10H16F2N2. The molecule has 0 aliphatic carbocycles. The van der Waals surface area contributed by atoms with Crippen LogP contribution < -0.4 is 0 Å². The van der Waals surface area contributed by atoms with E-state index in [9.17, 15) is 8.78 Å². The minimum absolute atomic E-state index is 0.500. The van der Waals surface area contributed by atoms with Crippen molar-refractivity contribution in [2.45, 2.75) is 32.2 Å². The van der Waals surface area contributed by atoms with Crippen molar-refractivity contribution in [2.75, 3.05) is 19.6 Å². The van der Waals surface area contributed by atoms with E-state index in [0.717, 1.165) is 44.6 Å². The molecule has 80 valence electrons. The van der Waals surface area contributed by atoms with Crippen LogP contribution in [0, 0.1) is 0 Å². The van der Waals surface area contributed by atoms with Crippen molar-refractivity contribution in [3.63, 3.8) is 0 Å². The molecule has 0 bridgehead atoms. The van der Waals surface area contributed by atoms with Crippen LogP contribution in [-0.2, 0) is 0 Å². The van der Waals surface area contributed by atoms with Gasteiger partial charge < -0.3 is 9.80 Å². The largest absolute Gasteiger partial charge is 0.358 e. The number of hydrogen-bond acceptors (Lipinski definition) is 2. The van der Waals surface area contributed by atoms with Gasteiger partial charge in [0, 0.05) is 19.6 Å². The summed E-state index contributed by atoms with van der Waals surface area (Å²) in [6.07, 6.45) is 6.00. The number of rotatable bonds is 1. The van der Waals surface area contributed by atoms with E-state index < -0.39 is 6.55 Å². The molecule has 0 aromatic rings. The van der Waals surface area contributed by atoms with Crippen LogP contribution in [0.5, 0.6) is 0 Å². The Morgan fingerprint density at radius 3 is 2.64 bits per heavy atom. The van der Waals surface area contributed by atoms with E-state index >= 15 is 0 Å². The third-order valence-electron chi connectivity index (χ3n) is 2.89. The molecule has 4 heteroatoms. The summed E-state index contributed by atoms with van der Waals surface area (Å²) in [4.78, 5) is 3.33. The van der Waals surface area contributed by atoms with E-state index in [4.69, 9.17) is 0 Å². The highest BCUT2D eigenvalue weighted by atomic mass is 19.3. The second-order valence-corrected chi connectivity index (χ2v) is 3.87. The van der Waals surface area contributed by atoms with E-state index in [1.807, 2.05) is 6.08 Å². The van der Waals surface area contributed by atoms with Gasteiger partial charge in [-0.1, -0.05) is 0 Å². The lowest BCUT2D eigenvalue weighted by Crippen LogP contribution is -2.44.